The van der Waals surface area contributed by atoms with Gasteiger partial charge in [-0.1, -0.05) is 64.1 Å². The minimum Gasteiger partial charge on any atom is -0.379 e. The number of nitrogens with one attached hydrogen (secondary N) is 1. The quantitative estimate of drug-likeness (QED) is 0.755. The summed E-state index contributed by atoms with van der Waals surface area (Å²) in [6.07, 6.45) is 1.09. The van der Waals surface area contributed by atoms with Crippen LogP contribution in [-0.2, 0) is 11.8 Å². The van der Waals surface area contributed by atoms with Gasteiger partial charge in [0, 0.05) is 11.7 Å². The lowest BCUT2D eigenvalue weighted by Gasteiger charge is -2.21. The zero-order valence-electron chi connectivity index (χ0n) is 13.9. The molecule has 0 saturated carbocycles. The van der Waals surface area contributed by atoms with Gasteiger partial charge in [-0.25, -0.2) is 0 Å². The third-order valence-electron chi connectivity index (χ3n) is 4.02. The van der Waals surface area contributed by atoms with E-state index in [0.29, 0.717) is 6.04 Å². The summed E-state index contributed by atoms with van der Waals surface area (Å²) in [5, 5.41) is 3.57. The van der Waals surface area contributed by atoms with Crippen molar-refractivity contribution in [2.24, 2.45) is 0 Å². The molecule has 0 spiro atoms. The van der Waals surface area contributed by atoms with Gasteiger partial charge in [-0.15, -0.1) is 0 Å². The predicted molar refractivity (Wildman–Crippen MR) is 93.0 cm³/mol. The van der Waals surface area contributed by atoms with Crippen LogP contribution in [0.25, 0.3) is 0 Å². The zero-order valence-corrected chi connectivity index (χ0v) is 13.9. The molecule has 0 fully saturated rings. The Labute approximate surface area is 129 Å². The van der Waals surface area contributed by atoms with Gasteiger partial charge in [0.05, 0.1) is 0 Å². The SMILES string of the molecule is CCc1ccc(C(C)Nc2ccc(C(C)(C)C)cc2)cc1. The summed E-state index contributed by atoms with van der Waals surface area (Å²) < 4.78 is 0. The van der Waals surface area contributed by atoms with Crippen molar-refractivity contribution in [2.75, 3.05) is 5.32 Å². The number of anilines is 1. The van der Waals surface area contributed by atoms with Gasteiger partial charge in [0.1, 0.15) is 0 Å². The first-order chi connectivity index (χ1) is 9.90. The monoisotopic (exact) mass is 281 g/mol. The van der Waals surface area contributed by atoms with Crippen molar-refractivity contribution in [2.45, 2.75) is 52.5 Å². The summed E-state index contributed by atoms with van der Waals surface area (Å²) in [5.41, 5.74) is 5.47. The molecule has 0 bridgehead atoms. The largest absolute Gasteiger partial charge is 0.379 e. The molecule has 0 aromatic heterocycles. The molecule has 2 aromatic rings. The van der Waals surface area contributed by atoms with Crippen molar-refractivity contribution in [3.05, 3.63) is 65.2 Å². The first-order valence-corrected chi connectivity index (χ1v) is 7.86. The van der Waals surface area contributed by atoms with E-state index < -0.39 is 0 Å². The summed E-state index contributed by atoms with van der Waals surface area (Å²) >= 11 is 0. The molecule has 1 atom stereocenters. The summed E-state index contributed by atoms with van der Waals surface area (Å²) in [6.45, 7) is 11.1. The number of rotatable bonds is 4. The standard InChI is InChI=1S/C20H27N/c1-6-16-7-9-17(10-8-16)15(2)21-19-13-11-18(12-14-19)20(3,4)5/h7-15,21H,6H2,1-5H3. The van der Waals surface area contributed by atoms with Crippen molar-refractivity contribution in [3.8, 4) is 0 Å². The Kier molecular flexibility index (Phi) is 4.72. The molecule has 1 N–H and O–H groups in total. The van der Waals surface area contributed by atoms with Crippen LogP contribution in [0.3, 0.4) is 0 Å². The van der Waals surface area contributed by atoms with Crippen molar-refractivity contribution in [1.29, 1.82) is 0 Å². The lowest BCUT2D eigenvalue weighted by atomic mass is 9.87. The summed E-state index contributed by atoms with van der Waals surface area (Å²) in [6, 6.07) is 18.0. The van der Waals surface area contributed by atoms with E-state index in [9.17, 15) is 0 Å². The molecule has 1 heteroatoms. The Morgan fingerprint density at radius 1 is 0.905 bits per heavy atom. The Morgan fingerprint density at radius 3 is 1.95 bits per heavy atom. The maximum atomic E-state index is 3.57. The summed E-state index contributed by atoms with van der Waals surface area (Å²) in [5.74, 6) is 0. The highest BCUT2D eigenvalue weighted by Crippen LogP contribution is 2.25. The van der Waals surface area contributed by atoms with Crippen LogP contribution in [0, 0.1) is 0 Å². The highest BCUT2D eigenvalue weighted by atomic mass is 14.9. The molecule has 0 heterocycles. The lowest BCUT2D eigenvalue weighted by Crippen LogP contribution is -2.11. The van der Waals surface area contributed by atoms with Crippen LogP contribution < -0.4 is 5.32 Å². The van der Waals surface area contributed by atoms with E-state index in [1.807, 2.05) is 0 Å². The molecule has 2 rings (SSSR count). The van der Waals surface area contributed by atoms with Crippen molar-refractivity contribution < 1.29 is 0 Å². The predicted octanol–water partition coefficient (Wildman–Crippen LogP) is 5.72. The van der Waals surface area contributed by atoms with Crippen LogP contribution in [0.4, 0.5) is 5.69 Å². The van der Waals surface area contributed by atoms with E-state index in [-0.39, 0.29) is 5.41 Å². The average molecular weight is 281 g/mol. The van der Waals surface area contributed by atoms with Gasteiger partial charge in [0.15, 0.2) is 0 Å². The van der Waals surface area contributed by atoms with Crippen LogP contribution in [-0.4, -0.2) is 0 Å². The van der Waals surface area contributed by atoms with Crippen molar-refractivity contribution in [1.82, 2.24) is 0 Å². The molecule has 112 valence electrons. The van der Waals surface area contributed by atoms with Gasteiger partial charge in [-0.3, -0.25) is 0 Å². The maximum Gasteiger partial charge on any atom is 0.0485 e. The zero-order chi connectivity index (χ0) is 15.5. The van der Waals surface area contributed by atoms with Crippen molar-refractivity contribution in [3.63, 3.8) is 0 Å². The molecule has 1 unspecified atom stereocenters. The lowest BCUT2D eigenvalue weighted by molar-refractivity contribution is 0.590. The molecule has 0 aliphatic carbocycles. The third kappa shape index (κ3) is 4.10. The molecular weight excluding hydrogens is 254 g/mol. The molecule has 0 aliphatic heterocycles. The van der Waals surface area contributed by atoms with Crippen LogP contribution in [0.5, 0.6) is 0 Å². The second-order valence-electron chi connectivity index (χ2n) is 6.79. The number of hydrogen-bond donors (Lipinski definition) is 1. The minimum atomic E-state index is 0.208. The average Bonchev–Trinajstić information content (AvgIpc) is 2.47. The van der Waals surface area contributed by atoms with Crippen molar-refractivity contribution >= 4 is 5.69 Å². The number of aryl methyl sites for hydroxylation is 1. The minimum absolute atomic E-state index is 0.208. The Morgan fingerprint density at radius 2 is 1.48 bits per heavy atom. The molecule has 0 amide bonds. The van der Waals surface area contributed by atoms with Gasteiger partial charge in [0.2, 0.25) is 0 Å². The Balaban J connectivity index is 2.06. The van der Waals surface area contributed by atoms with Crippen LogP contribution in [0.2, 0.25) is 0 Å². The Bertz CT molecular complexity index is 558. The van der Waals surface area contributed by atoms with Gasteiger partial charge in [-0.05, 0) is 47.6 Å². The second-order valence-corrected chi connectivity index (χ2v) is 6.79. The van der Waals surface area contributed by atoms with E-state index >= 15 is 0 Å². The summed E-state index contributed by atoms with van der Waals surface area (Å²) in [7, 11) is 0. The maximum absolute atomic E-state index is 3.57. The highest BCUT2D eigenvalue weighted by Gasteiger charge is 2.13. The first kappa shape index (κ1) is 15.6. The normalized spacial score (nSPS) is 13.0. The van der Waals surface area contributed by atoms with Gasteiger partial charge in [-0.2, -0.15) is 0 Å². The van der Waals surface area contributed by atoms with Crippen LogP contribution in [0.15, 0.2) is 48.5 Å². The van der Waals surface area contributed by atoms with E-state index in [1.165, 1.54) is 22.4 Å². The molecule has 0 radical (unpaired) electrons. The number of hydrogen-bond acceptors (Lipinski definition) is 1. The Hall–Kier alpha value is -1.76. The van der Waals surface area contributed by atoms with E-state index in [2.05, 4.69) is 88.5 Å². The third-order valence-corrected chi connectivity index (χ3v) is 4.02. The highest BCUT2D eigenvalue weighted by molar-refractivity contribution is 5.47. The molecule has 0 saturated heterocycles. The van der Waals surface area contributed by atoms with E-state index in [1.54, 1.807) is 0 Å². The number of benzene rings is 2. The van der Waals surface area contributed by atoms with Gasteiger partial charge >= 0.3 is 0 Å². The second kappa shape index (κ2) is 6.34. The van der Waals surface area contributed by atoms with Crippen LogP contribution >= 0.6 is 0 Å². The van der Waals surface area contributed by atoms with Gasteiger partial charge in [0.25, 0.3) is 0 Å². The van der Waals surface area contributed by atoms with E-state index in [4.69, 9.17) is 0 Å². The fourth-order valence-electron chi connectivity index (χ4n) is 2.44. The van der Waals surface area contributed by atoms with Crippen LogP contribution in [0.1, 0.15) is 57.4 Å². The smallest absolute Gasteiger partial charge is 0.0485 e. The molecule has 0 aliphatic rings. The first-order valence-electron chi connectivity index (χ1n) is 7.86. The topological polar surface area (TPSA) is 12.0 Å². The summed E-state index contributed by atoms with van der Waals surface area (Å²) in [4.78, 5) is 0. The molecular formula is C20H27N. The molecule has 21 heavy (non-hydrogen) atoms. The van der Waals surface area contributed by atoms with Gasteiger partial charge < -0.3 is 5.32 Å². The fourth-order valence-corrected chi connectivity index (χ4v) is 2.44. The molecule has 2 aromatic carbocycles. The van der Waals surface area contributed by atoms with E-state index in [0.717, 1.165) is 6.42 Å². The molecule has 1 nitrogen and oxygen atoms in total. The fraction of sp³-hybridized carbons (Fsp3) is 0.400.